The molecular weight excluding hydrogens is 322 g/mol. The molecule has 1 aliphatic rings. The van der Waals surface area contributed by atoms with Crippen LogP contribution in [0, 0.1) is 10.1 Å². The van der Waals surface area contributed by atoms with E-state index in [2.05, 4.69) is 10.3 Å². The lowest BCUT2D eigenvalue weighted by atomic mass is 10.0. The van der Waals surface area contributed by atoms with Gasteiger partial charge in [-0.1, -0.05) is 52.8 Å². The van der Waals surface area contributed by atoms with Crippen LogP contribution in [0.15, 0.2) is 70.3 Å². The maximum atomic E-state index is 10.9. The van der Waals surface area contributed by atoms with E-state index in [9.17, 15) is 10.1 Å². The summed E-state index contributed by atoms with van der Waals surface area (Å²) in [6.45, 7) is 0. The molecule has 1 aromatic heterocycles. The van der Waals surface area contributed by atoms with E-state index in [1.165, 1.54) is 12.1 Å². The van der Waals surface area contributed by atoms with Gasteiger partial charge in [0, 0.05) is 30.2 Å². The highest BCUT2D eigenvalue weighted by atomic mass is 16.7. The van der Waals surface area contributed by atoms with Gasteiger partial charge in [0.15, 0.2) is 11.9 Å². The number of aromatic nitrogens is 1. The Morgan fingerprint density at radius 2 is 1.84 bits per heavy atom. The van der Waals surface area contributed by atoms with Crippen molar-refractivity contribution >= 4 is 11.4 Å². The Morgan fingerprint density at radius 1 is 1.04 bits per heavy atom. The molecule has 0 fully saturated rings. The SMILES string of the molecule is O=[N+]([O-])c1cccc(-c2cc(C3CC(c4ccccc4)=NO3)on2)c1. The standard InChI is InChI=1S/C18H13N3O4/c22-21(23)14-8-4-7-13(9-14)16-11-18(25-20-16)17-10-15(19-24-17)12-5-2-1-3-6-12/h1-9,11,17H,10H2. The van der Waals surface area contributed by atoms with Gasteiger partial charge in [0.2, 0.25) is 0 Å². The smallest absolute Gasteiger partial charge is 0.270 e. The van der Waals surface area contributed by atoms with E-state index in [0.717, 1.165) is 11.3 Å². The van der Waals surface area contributed by atoms with Crippen LogP contribution in [0.2, 0.25) is 0 Å². The van der Waals surface area contributed by atoms with Gasteiger partial charge >= 0.3 is 0 Å². The zero-order valence-corrected chi connectivity index (χ0v) is 13.0. The van der Waals surface area contributed by atoms with Crippen molar-refractivity contribution < 1.29 is 14.3 Å². The summed E-state index contributed by atoms with van der Waals surface area (Å²) in [5.41, 5.74) is 3.00. The highest BCUT2D eigenvalue weighted by Crippen LogP contribution is 2.32. The van der Waals surface area contributed by atoms with E-state index in [1.807, 2.05) is 30.3 Å². The lowest BCUT2D eigenvalue weighted by molar-refractivity contribution is -0.384. The molecule has 7 heteroatoms. The van der Waals surface area contributed by atoms with Crippen LogP contribution in [-0.2, 0) is 4.84 Å². The van der Waals surface area contributed by atoms with Crippen molar-refractivity contribution in [1.29, 1.82) is 0 Å². The molecule has 0 spiro atoms. The molecule has 0 saturated carbocycles. The van der Waals surface area contributed by atoms with E-state index in [0.29, 0.717) is 23.4 Å². The van der Waals surface area contributed by atoms with Crippen molar-refractivity contribution in [2.75, 3.05) is 0 Å². The van der Waals surface area contributed by atoms with Gasteiger partial charge in [-0.3, -0.25) is 10.1 Å². The first-order valence-electron chi connectivity index (χ1n) is 7.70. The Bertz CT molecular complexity index is 950. The fourth-order valence-corrected chi connectivity index (χ4v) is 2.69. The third-order valence-corrected chi connectivity index (χ3v) is 3.97. The number of hydrogen-bond donors (Lipinski definition) is 0. The molecule has 0 saturated heterocycles. The number of nitro groups is 1. The number of nitro benzene ring substituents is 1. The molecule has 2 aromatic carbocycles. The lowest BCUT2D eigenvalue weighted by Crippen LogP contribution is -2.00. The van der Waals surface area contributed by atoms with Gasteiger partial charge in [-0.15, -0.1) is 0 Å². The molecule has 3 aromatic rings. The van der Waals surface area contributed by atoms with E-state index in [4.69, 9.17) is 9.36 Å². The normalized spacial score (nSPS) is 16.3. The van der Waals surface area contributed by atoms with Crippen molar-refractivity contribution in [3.8, 4) is 11.3 Å². The second kappa shape index (κ2) is 6.20. The van der Waals surface area contributed by atoms with Gasteiger partial charge in [-0.05, 0) is 5.56 Å². The van der Waals surface area contributed by atoms with Crippen LogP contribution in [0.3, 0.4) is 0 Å². The molecule has 4 rings (SSSR count). The van der Waals surface area contributed by atoms with E-state index >= 15 is 0 Å². The van der Waals surface area contributed by atoms with Crippen LogP contribution in [0.1, 0.15) is 23.8 Å². The molecule has 0 amide bonds. The Morgan fingerprint density at radius 3 is 2.64 bits per heavy atom. The average molecular weight is 335 g/mol. The minimum Gasteiger partial charge on any atom is -0.383 e. The lowest BCUT2D eigenvalue weighted by Gasteiger charge is -2.02. The van der Waals surface area contributed by atoms with Crippen LogP contribution in [0.5, 0.6) is 0 Å². The third-order valence-electron chi connectivity index (χ3n) is 3.97. The number of hydrogen-bond acceptors (Lipinski definition) is 6. The second-order valence-corrected chi connectivity index (χ2v) is 5.62. The van der Waals surface area contributed by atoms with Crippen molar-refractivity contribution in [2.45, 2.75) is 12.5 Å². The summed E-state index contributed by atoms with van der Waals surface area (Å²) in [6.07, 6.45) is 0.225. The number of rotatable bonds is 4. The summed E-state index contributed by atoms with van der Waals surface area (Å²) in [4.78, 5) is 15.9. The number of nitrogens with zero attached hydrogens (tertiary/aromatic N) is 3. The largest absolute Gasteiger partial charge is 0.383 e. The summed E-state index contributed by atoms with van der Waals surface area (Å²) in [5, 5.41) is 19.0. The number of non-ortho nitro benzene ring substituents is 1. The Kier molecular flexibility index (Phi) is 3.74. The maximum Gasteiger partial charge on any atom is 0.270 e. The summed E-state index contributed by atoms with van der Waals surface area (Å²) in [7, 11) is 0. The first-order chi connectivity index (χ1) is 12.2. The minimum atomic E-state index is -0.440. The van der Waals surface area contributed by atoms with Crippen LogP contribution < -0.4 is 0 Å². The second-order valence-electron chi connectivity index (χ2n) is 5.62. The molecular formula is C18H13N3O4. The third kappa shape index (κ3) is 2.99. The van der Waals surface area contributed by atoms with Gasteiger partial charge in [0.1, 0.15) is 5.69 Å². The molecule has 7 nitrogen and oxygen atoms in total. The van der Waals surface area contributed by atoms with E-state index in [1.54, 1.807) is 18.2 Å². The summed E-state index contributed by atoms with van der Waals surface area (Å²) >= 11 is 0. The zero-order chi connectivity index (χ0) is 17.2. The van der Waals surface area contributed by atoms with Crippen molar-refractivity contribution in [2.24, 2.45) is 5.16 Å². The predicted molar refractivity (Wildman–Crippen MR) is 90.0 cm³/mol. The zero-order valence-electron chi connectivity index (χ0n) is 13.0. The van der Waals surface area contributed by atoms with Crippen LogP contribution >= 0.6 is 0 Å². The number of oxime groups is 1. The van der Waals surface area contributed by atoms with Gasteiger partial charge in [0.25, 0.3) is 5.69 Å². The first kappa shape index (κ1) is 15.1. The van der Waals surface area contributed by atoms with E-state index < -0.39 is 4.92 Å². The molecule has 1 aliphatic heterocycles. The Labute approximate surface area is 142 Å². The van der Waals surface area contributed by atoms with Crippen molar-refractivity contribution in [1.82, 2.24) is 5.16 Å². The molecule has 1 atom stereocenters. The quantitative estimate of drug-likeness (QED) is 0.528. The monoisotopic (exact) mass is 335 g/mol. The highest BCUT2D eigenvalue weighted by Gasteiger charge is 2.27. The maximum absolute atomic E-state index is 10.9. The van der Waals surface area contributed by atoms with Crippen molar-refractivity contribution in [3.63, 3.8) is 0 Å². The number of benzene rings is 2. The summed E-state index contributed by atoms with van der Waals surface area (Å²) in [6, 6.07) is 17.8. The highest BCUT2D eigenvalue weighted by molar-refractivity contribution is 6.01. The van der Waals surface area contributed by atoms with E-state index in [-0.39, 0.29) is 11.8 Å². The molecule has 0 N–H and O–H groups in total. The molecule has 0 radical (unpaired) electrons. The average Bonchev–Trinajstić information content (AvgIpc) is 3.32. The van der Waals surface area contributed by atoms with Crippen LogP contribution in [-0.4, -0.2) is 15.8 Å². The predicted octanol–water partition coefficient (Wildman–Crippen LogP) is 4.12. The molecule has 1 unspecified atom stereocenters. The molecule has 124 valence electrons. The molecule has 0 bridgehead atoms. The summed E-state index contributed by atoms with van der Waals surface area (Å²) < 4.78 is 5.37. The summed E-state index contributed by atoms with van der Waals surface area (Å²) in [5.74, 6) is 0.538. The van der Waals surface area contributed by atoms with Crippen LogP contribution in [0.25, 0.3) is 11.3 Å². The van der Waals surface area contributed by atoms with Crippen LogP contribution in [0.4, 0.5) is 5.69 Å². The van der Waals surface area contributed by atoms with Gasteiger partial charge in [-0.25, -0.2) is 0 Å². The van der Waals surface area contributed by atoms with Gasteiger partial charge < -0.3 is 9.36 Å². The fourth-order valence-electron chi connectivity index (χ4n) is 2.69. The first-order valence-corrected chi connectivity index (χ1v) is 7.70. The fraction of sp³-hybridized carbons (Fsp3) is 0.111. The Balaban J connectivity index is 1.53. The minimum absolute atomic E-state index is 0.00821. The molecule has 2 heterocycles. The molecule has 0 aliphatic carbocycles. The molecule has 25 heavy (non-hydrogen) atoms. The van der Waals surface area contributed by atoms with Gasteiger partial charge in [0.05, 0.1) is 10.6 Å². The Hall–Kier alpha value is -3.48. The topological polar surface area (TPSA) is 90.8 Å². The van der Waals surface area contributed by atoms with Crippen molar-refractivity contribution in [3.05, 3.63) is 82.1 Å². The van der Waals surface area contributed by atoms with Gasteiger partial charge in [-0.2, -0.15) is 0 Å².